The molecule has 0 bridgehead atoms. The second kappa shape index (κ2) is 6.17. The standard InChI is InChI=1S/C13H18INS/c14-12-8-11(9-16-12)13(15)10-6-4-2-1-3-5-7-10/h6,8-9,13H,1-5,7,15H2. The molecule has 3 heteroatoms. The fraction of sp³-hybridized carbons (Fsp3) is 0.538. The van der Waals surface area contributed by atoms with Gasteiger partial charge in [0, 0.05) is 0 Å². The summed E-state index contributed by atoms with van der Waals surface area (Å²) in [6, 6.07) is 2.35. The average molecular weight is 347 g/mol. The van der Waals surface area contributed by atoms with Crippen LogP contribution in [0.3, 0.4) is 0 Å². The first-order valence-corrected chi connectivity index (χ1v) is 7.91. The Morgan fingerprint density at radius 1 is 1.25 bits per heavy atom. The Morgan fingerprint density at radius 3 is 2.81 bits per heavy atom. The Bertz CT molecular complexity index is 370. The van der Waals surface area contributed by atoms with Gasteiger partial charge in [-0.2, -0.15) is 0 Å². The van der Waals surface area contributed by atoms with Gasteiger partial charge in [0.25, 0.3) is 0 Å². The van der Waals surface area contributed by atoms with Crippen LogP contribution in [-0.2, 0) is 0 Å². The minimum atomic E-state index is 0.137. The highest BCUT2D eigenvalue weighted by atomic mass is 127. The van der Waals surface area contributed by atoms with Crippen LogP contribution < -0.4 is 5.73 Å². The van der Waals surface area contributed by atoms with Crippen LogP contribution in [0.1, 0.15) is 50.1 Å². The molecule has 1 atom stereocenters. The Labute approximate surface area is 115 Å². The van der Waals surface area contributed by atoms with Gasteiger partial charge in [0.05, 0.1) is 8.93 Å². The smallest absolute Gasteiger partial charge is 0.0656 e. The van der Waals surface area contributed by atoms with Crippen LogP contribution in [0.2, 0.25) is 0 Å². The number of nitrogens with two attached hydrogens (primary N) is 1. The number of halogens is 1. The minimum absolute atomic E-state index is 0.137. The lowest BCUT2D eigenvalue weighted by molar-refractivity contribution is 0.603. The van der Waals surface area contributed by atoms with Crippen LogP contribution in [0.15, 0.2) is 23.1 Å². The molecule has 0 saturated carbocycles. The van der Waals surface area contributed by atoms with Crippen molar-refractivity contribution in [3.63, 3.8) is 0 Å². The van der Waals surface area contributed by atoms with Gasteiger partial charge in [-0.1, -0.05) is 24.5 Å². The molecule has 0 spiro atoms. The molecule has 88 valence electrons. The van der Waals surface area contributed by atoms with Crippen molar-refractivity contribution >= 4 is 33.9 Å². The van der Waals surface area contributed by atoms with Crippen LogP contribution in [0.5, 0.6) is 0 Å². The molecule has 0 saturated heterocycles. The minimum Gasteiger partial charge on any atom is -0.321 e. The first-order valence-electron chi connectivity index (χ1n) is 5.96. The topological polar surface area (TPSA) is 26.0 Å². The zero-order chi connectivity index (χ0) is 11.4. The van der Waals surface area contributed by atoms with Crippen LogP contribution in [0.4, 0.5) is 0 Å². The molecule has 0 aromatic carbocycles. The van der Waals surface area contributed by atoms with Gasteiger partial charge in [-0.3, -0.25) is 0 Å². The summed E-state index contributed by atoms with van der Waals surface area (Å²) in [5.41, 5.74) is 9.08. The number of hydrogen-bond donors (Lipinski definition) is 1. The van der Waals surface area contributed by atoms with Gasteiger partial charge in [0.15, 0.2) is 0 Å². The first kappa shape index (κ1) is 12.6. The summed E-state index contributed by atoms with van der Waals surface area (Å²) in [6.07, 6.45) is 10.2. The first-order chi connectivity index (χ1) is 7.77. The third-order valence-corrected chi connectivity index (χ3v) is 4.98. The highest BCUT2D eigenvalue weighted by molar-refractivity contribution is 14.1. The quantitative estimate of drug-likeness (QED) is 0.612. The summed E-state index contributed by atoms with van der Waals surface area (Å²) in [6.45, 7) is 0. The van der Waals surface area contributed by atoms with Gasteiger partial charge in [0.2, 0.25) is 0 Å². The van der Waals surface area contributed by atoms with E-state index < -0.39 is 0 Å². The molecule has 2 N–H and O–H groups in total. The Morgan fingerprint density at radius 2 is 2.06 bits per heavy atom. The lowest BCUT2D eigenvalue weighted by Gasteiger charge is -2.17. The fourth-order valence-electron chi connectivity index (χ4n) is 2.20. The third-order valence-electron chi connectivity index (χ3n) is 3.17. The SMILES string of the molecule is NC(C1=CCCCCCC1)c1csc(I)c1. The van der Waals surface area contributed by atoms with Crippen molar-refractivity contribution in [2.45, 2.75) is 44.6 Å². The number of rotatable bonds is 2. The Kier molecular flexibility index (Phi) is 4.85. The van der Waals surface area contributed by atoms with Crippen LogP contribution in [0, 0.1) is 2.88 Å². The lowest BCUT2D eigenvalue weighted by atomic mass is 9.93. The predicted octanol–water partition coefficient (Wildman–Crippen LogP) is 4.63. The largest absolute Gasteiger partial charge is 0.321 e. The molecular weight excluding hydrogens is 329 g/mol. The van der Waals surface area contributed by atoms with E-state index in [0.29, 0.717) is 0 Å². The molecule has 1 nitrogen and oxygen atoms in total. The van der Waals surface area contributed by atoms with Crippen molar-refractivity contribution in [1.82, 2.24) is 0 Å². The maximum Gasteiger partial charge on any atom is 0.0656 e. The maximum absolute atomic E-state index is 6.34. The molecule has 1 aliphatic carbocycles. The fourth-order valence-corrected chi connectivity index (χ4v) is 3.61. The van der Waals surface area contributed by atoms with E-state index in [-0.39, 0.29) is 6.04 Å². The lowest BCUT2D eigenvalue weighted by Crippen LogP contribution is -2.13. The van der Waals surface area contributed by atoms with Crippen molar-refractivity contribution in [3.05, 3.63) is 31.5 Å². The summed E-state index contributed by atoms with van der Waals surface area (Å²) in [5, 5.41) is 2.20. The van der Waals surface area contributed by atoms with E-state index in [1.165, 1.54) is 52.5 Å². The molecule has 16 heavy (non-hydrogen) atoms. The van der Waals surface area contributed by atoms with Gasteiger partial charge < -0.3 is 5.73 Å². The molecule has 1 unspecified atom stereocenters. The number of allylic oxidation sites excluding steroid dienone is 1. The van der Waals surface area contributed by atoms with E-state index in [4.69, 9.17) is 5.73 Å². The van der Waals surface area contributed by atoms with Gasteiger partial charge >= 0.3 is 0 Å². The average Bonchev–Trinajstić information content (AvgIpc) is 2.63. The van der Waals surface area contributed by atoms with Crippen molar-refractivity contribution < 1.29 is 0 Å². The van der Waals surface area contributed by atoms with Crippen LogP contribution >= 0.6 is 33.9 Å². The van der Waals surface area contributed by atoms with E-state index in [9.17, 15) is 0 Å². The summed E-state index contributed by atoms with van der Waals surface area (Å²) in [4.78, 5) is 0. The monoisotopic (exact) mass is 347 g/mol. The van der Waals surface area contributed by atoms with Gasteiger partial charge in [0.1, 0.15) is 0 Å². The Hall–Kier alpha value is 0.130. The number of hydrogen-bond acceptors (Lipinski definition) is 2. The molecule has 1 aromatic heterocycles. The summed E-state index contributed by atoms with van der Waals surface area (Å²) in [7, 11) is 0. The second-order valence-electron chi connectivity index (χ2n) is 4.39. The molecule has 0 fully saturated rings. The van der Waals surface area contributed by atoms with Crippen LogP contribution in [-0.4, -0.2) is 0 Å². The summed E-state index contributed by atoms with van der Waals surface area (Å²) in [5.74, 6) is 0. The molecule has 0 radical (unpaired) electrons. The zero-order valence-electron chi connectivity index (χ0n) is 9.42. The maximum atomic E-state index is 6.34. The predicted molar refractivity (Wildman–Crippen MR) is 79.7 cm³/mol. The highest BCUT2D eigenvalue weighted by Gasteiger charge is 2.14. The third kappa shape index (κ3) is 3.31. The summed E-state index contributed by atoms with van der Waals surface area (Å²) < 4.78 is 1.33. The molecule has 2 rings (SSSR count). The molecule has 0 amide bonds. The van der Waals surface area contributed by atoms with Crippen molar-refractivity contribution in [2.24, 2.45) is 5.73 Å². The van der Waals surface area contributed by atoms with E-state index in [2.05, 4.69) is 40.1 Å². The zero-order valence-corrected chi connectivity index (χ0v) is 12.4. The molecular formula is C13H18INS. The van der Waals surface area contributed by atoms with Gasteiger partial charge in [-0.25, -0.2) is 0 Å². The molecule has 0 aliphatic heterocycles. The van der Waals surface area contributed by atoms with Gasteiger partial charge in [-0.15, -0.1) is 11.3 Å². The second-order valence-corrected chi connectivity index (χ2v) is 7.20. The van der Waals surface area contributed by atoms with Gasteiger partial charge in [-0.05, 0) is 65.3 Å². The van der Waals surface area contributed by atoms with Crippen molar-refractivity contribution in [2.75, 3.05) is 0 Å². The molecule has 1 heterocycles. The van der Waals surface area contributed by atoms with E-state index in [1.54, 1.807) is 11.3 Å². The summed E-state index contributed by atoms with van der Waals surface area (Å²) >= 11 is 4.15. The van der Waals surface area contributed by atoms with E-state index in [0.717, 1.165) is 0 Å². The normalized spacial score (nSPS) is 19.8. The van der Waals surface area contributed by atoms with Crippen molar-refractivity contribution in [1.29, 1.82) is 0 Å². The van der Waals surface area contributed by atoms with Crippen LogP contribution in [0.25, 0.3) is 0 Å². The van der Waals surface area contributed by atoms with E-state index >= 15 is 0 Å². The Balaban J connectivity index is 2.09. The van der Waals surface area contributed by atoms with E-state index in [1.807, 2.05) is 0 Å². The molecule has 1 aromatic rings. The highest BCUT2D eigenvalue weighted by Crippen LogP contribution is 2.29. The van der Waals surface area contributed by atoms with Crippen molar-refractivity contribution in [3.8, 4) is 0 Å². The number of thiophene rings is 1. The molecule has 1 aliphatic rings.